The van der Waals surface area contributed by atoms with Crippen LogP contribution in [0.2, 0.25) is 0 Å². The number of nitrogens with one attached hydrogen (secondary N) is 1. The summed E-state index contributed by atoms with van der Waals surface area (Å²) in [6.07, 6.45) is 4.73. The lowest BCUT2D eigenvalue weighted by atomic mass is 10.2. The molecule has 0 aromatic carbocycles. The van der Waals surface area contributed by atoms with Crippen LogP contribution in [0.1, 0.15) is 24.5 Å². The molecule has 3 rings (SSSR count). The van der Waals surface area contributed by atoms with Crippen molar-refractivity contribution in [3.05, 3.63) is 11.9 Å². The highest BCUT2D eigenvalue weighted by Crippen LogP contribution is 2.44. The first-order chi connectivity index (χ1) is 7.36. The van der Waals surface area contributed by atoms with Crippen molar-refractivity contribution in [3.63, 3.8) is 0 Å². The molecule has 0 spiro atoms. The standard InChI is InChI=1S/C11H18N4/c1-14-11(9-2-3-9)10(8-13-14)15-6-4-12-5-7-15/h8-9,12H,2-7H2,1H3. The highest BCUT2D eigenvalue weighted by Gasteiger charge is 2.31. The van der Waals surface area contributed by atoms with Gasteiger partial charge in [-0.05, 0) is 12.8 Å². The highest BCUT2D eigenvalue weighted by molar-refractivity contribution is 5.52. The number of aromatic nitrogens is 2. The van der Waals surface area contributed by atoms with E-state index in [4.69, 9.17) is 0 Å². The Labute approximate surface area is 90.3 Å². The summed E-state index contributed by atoms with van der Waals surface area (Å²) in [5.74, 6) is 0.780. The lowest BCUT2D eigenvalue weighted by Crippen LogP contribution is -2.43. The van der Waals surface area contributed by atoms with Gasteiger partial charge in [0.1, 0.15) is 0 Å². The van der Waals surface area contributed by atoms with Crippen molar-refractivity contribution in [2.75, 3.05) is 31.1 Å². The minimum Gasteiger partial charge on any atom is -0.366 e. The molecule has 1 aromatic rings. The maximum absolute atomic E-state index is 4.41. The van der Waals surface area contributed by atoms with E-state index in [1.165, 1.54) is 24.2 Å². The van der Waals surface area contributed by atoms with E-state index in [2.05, 4.69) is 27.0 Å². The van der Waals surface area contributed by atoms with E-state index in [1.807, 2.05) is 6.20 Å². The Morgan fingerprint density at radius 1 is 1.33 bits per heavy atom. The molecule has 0 bridgehead atoms. The Morgan fingerprint density at radius 3 is 2.73 bits per heavy atom. The largest absolute Gasteiger partial charge is 0.366 e. The van der Waals surface area contributed by atoms with E-state index >= 15 is 0 Å². The Morgan fingerprint density at radius 2 is 2.07 bits per heavy atom. The zero-order chi connectivity index (χ0) is 10.3. The van der Waals surface area contributed by atoms with Crippen molar-refractivity contribution in [1.82, 2.24) is 15.1 Å². The third-order valence-corrected chi connectivity index (χ3v) is 3.39. The quantitative estimate of drug-likeness (QED) is 0.773. The zero-order valence-corrected chi connectivity index (χ0v) is 9.24. The molecule has 1 aromatic heterocycles. The molecule has 2 aliphatic rings. The molecule has 0 unspecified atom stereocenters. The van der Waals surface area contributed by atoms with Crippen molar-refractivity contribution in [1.29, 1.82) is 0 Å². The number of anilines is 1. The molecule has 0 amide bonds. The molecule has 15 heavy (non-hydrogen) atoms. The fourth-order valence-corrected chi connectivity index (χ4v) is 2.41. The van der Waals surface area contributed by atoms with Gasteiger partial charge in [-0.3, -0.25) is 4.68 Å². The molecule has 0 radical (unpaired) electrons. The average Bonchev–Trinajstić information content (AvgIpc) is 3.03. The van der Waals surface area contributed by atoms with Crippen LogP contribution < -0.4 is 10.2 Å². The SMILES string of the molecule is Cn1ncc(N2CCNCC2)c1C1CC1. The Kier molecular flexibility index (Phi) is 2.16. The number of hydrogen-bond donors (Lipinski definition) is 1. The van der Waals surface area contributed by atoms with Crippen molar-refractivity contribution in [2.45, 2.75) is 18.8 Å². The maximum atomic E-state index is 4.41. The number of piperazine rings is 1. The van der Waals surface area contributed by atoms with E-state index in [-0.39, 0.29) is 0 Å². The molecule has 1 N–H and O–H groups in total. The van der Waals surface area contributed by atoms with E-state index < -0.39 is 0 Å². The van der Waals surface area contributed by atoms with Crippen LogP contribution in [0.3, 0.4) is 0 Å². The first-order valence-corrected chi connectivity index (χ1v) is 5.84. The summed E-state index contributed by atoms with van der Waals surface area (Å²) in [7, 11) is 2.07. The molecule has 4 heteroatoms. The van der Waals surface area contributed by atoms with Crippen LogP contribution in [0.25, 0.3) is 0 Å². The predicted octanol–water partition coefficient (Wildman–Crippen LogP) is 0.707. The Balaban J connectivity index is 1.89. The molecule has 1 aliphatic heterocycles. The molecule has 1 aliphatic carbocycles. The average molecular weight is 206 g/mol. The lowest BCUT2D eigenvalue weighted by molar-refractivity contribution is 0.586. The summed E-state index contributed by atoms with van der Waals surface area (Å²) in [5.41, 5.74) is 2.83. The predicted molar refractivity (Wildman–Crippen MR) is 60.3 cm³/mol. The Hall–Kier alpha value is -1.03. The molecule has 1 saturated carbocycles. The lowest BCUT2D eigenvalue weighted by Gasteiger charge is -2.29. The summed E-state index contributed by atoms with van der Waals surface area (Å²) < 4.78 is 2.06. The Bertz CT molecular complexity index is 347. The van der Waals surface area contributed by atoms with Gasteiger partial charge in [0.15, 0.2) is 0 Å². The van der Waals surface area contributed by atoms with E-state index in [0.717, 1.165) is 32.1 Å². The number of aryl methyl sites for hydroxylation is 1. The van der Waals surface area contributed by atoms with Gasteiger partial charge < -0.3 is 10.2 Å². The minimum atomic E-state index is 0.780. The first-order valence-electron chi connectivity index (χ1n) is 5.84. The van der Waals surface area contributed by atoms with Crippen molar-refractivity contribution >= 4 is 5.69 Å². The van der Waals surface area contributed by atoms with Crippen LogP contribution in [0, 0.1) is 0 Å². The molecule has 1 saturated heterocycles. The van der Waals surface area contributed by atoms with Crippen molar-refractivity contribution in [3.8, 4) is 0 Å². The monoisotopic (exact) mass is 206 g/mol. The van der Waals surface area contributed by atoms with Gasteiger partial charge in [0, 0.05) is 39.1 Å². The molecule has 82 valence electrons. The minimum absolute atomic E-state index is 0.780. The van der Waals surface area contributed by atoms with Crippen molar-refractivity contribution in [2.24, 2.45) is 7.05 Å². The van der Waals surface area contributed by atoms with Crippen LogP contribution in [-0.4, -0.2) is 36.0 Å². The summed E-state index contributed by atoms with van der Waals surface area (Å²) in [6, 6.07) is 0. The van der Waals surface area contributed by atoms with Gasteiger partial charge in [-0.15, -0.1) is 0 Å². The molecular weight excluding hydrogens is 188 g/mol. The molecule has 0 atom stereocenters. The number of nitrogens with zero attached hydrogens (tertiary/aromatic N) is 3. The first kappa shape index (κ1) is 9.21. The highest BCUT2D eigenvalue weighted by atomic mass is 15.3. The van der Waals surface area contributed by atoms with Gasteiger partial charge in [-0.1, -0.05) is 0 Å². The van der Waals surface area contributed by atoms with Gasteiger partial charge in [0.25, 0.3) is 0 Å². The fourth-order valence-electron chi connectivity index (χ4n) is 2.41. The second-order valence-electron chi connectivity index (χ2n) is 4.55. The van der Waals surface area contributed by atoms with Crippen LogP contribution in [-0.2, 0) is 7.05 Å². The molecular formula is C11H18N4. The maximum Gasteiger partial charge on any atom is 0.0788 e. The van der Waals surface area contributed by atoms with E-state index in [9.17, 15) is 0 Å². The van der Waals surface area contributed by atoms with Gasteiger partial charge in [-0.25, -0.2) is 0 Å². The fraction of sp³-hybridized carbons (Fsp3) is 0.727. The third-order valence-electron chi connectivity index (χ3n) is 3.39. The van der Waals surface area contributed by atoms with Crippen molar-refractivity contribution < 1.29 is 0 Å². The van der Waals surface area contributed by atoms with E-state index in [0.29, 0.717) is 0 Å². The normalized spacial score (nSPS) is 22.1. The van der Waals surface area contributed by atoms with Crippen LogP contribution in [0.15, 0.2) is 6.20 Å². The van der Waals surface area contributed by atoms with Crippen LogP contribution >= 0.6 is 0 Å². The second-order valence-corrected chi connectivity index (χ2v) is 4.55. The summed E-state index contributed by atoms with van der Waals surface area (Å²) in [6.45, 7) is 4.43. The van der Waals surface area contributed by atoms with Gasteiger partial charge >= 0.3 is 0 Å². The van der Waals surface area contributed by atoms with Gasteiger partial charge in [0.05, 0.1) is 17.6 Å². The number of rotatable bonds is 2. The van der Waals surface area contributed by atoms with Gasteiger partial charge in [0.2, 0.25) is 0 Å². The molecule has 2 fully saturated rings. The summed E-state index contributed by atoms with van der Waals surface area (Å²) >= 11 is 0. The molecule has 4 nitrogen and oxygen atoms in total. The van der Waals surface area contributed by atoms with E-state index in [1.54, 1.807) is 0 Å². The van der Waals surface area contributed by atoms with Crippen LogP contribution in [0.5, 0.6) is 0 Å². The number of hydrogen-bond acceptors (Lipinski definition) is 3. The topological polar surface area (TPSA) is 33.1 Å². The summed E-state index contributed by atoms with van der Waals surface area (Å²) in [4.78, 5) is 2.47. The molecule has 2 heterocycles. The second kappa shape index (κ2) is 3.52. The summed E-state index contributed by atoms with van der Waals surface area (Å²) in [5, 5.41) is 7.79. The third kappa shape index (κ3) is 1.63. The van der Waals surface area contributed by atoms with Crippen LogP contribution in [0.4, 0.5) is 5.69 Å². The smallest absolute Gasteiger partial charge is 0.0788 e. The van der Waals surface area contributed by atoms with Gasteiger partial charge in [-0.2, -0.15) is 5.10 Å². The zero-order valence-electron chi connectivity index (χ0n) is 9.24.